The fourth-order valence-electron chi connectivity index (χ4n) is 2.78. The van der Waals surface area contributed by atoms with E-state index in [0.29, 0.717) is 10.1 Å². The van der Waals surface area contributed by atoms with Gasteiger partial charge >= 0.3 is 5.97 Å². The van der Waals surface area contributed by atoms with Crippen molar-refractivity contribution in [1.82, 2.24) is 4.90 Å². The van der Waals surface area contributed by atoms with Crippen LogP contribution in [-0.2, 0) is 11.2 Å². The average molecular weight is 408 g/mol. The summed E-state index contributed by atoms with van der Waals surface area (Å²) in [6.07, 6.45) is 4.31. The number of phenols is 1. The lowest BCUT2D eigenvalue weighted by Gasteiger charge is -2.13. The van der Waals surface area contributed by atoms with Gasteiger partial charge in [0.15, 0.2) is 5.17 Å². The monoisotopic (exact) mass is 408 g/mol. The molecule has 0 saturated carbocycles. The van der Waals surface area contributed by atoms with E-state index in [1.54, 1.807) is 12.2 Å². The third-order valence-corrected chi connectivity index (χ3v) is 5.32. The zero-order valence-electron chi connectivity index (χ0n) is 15.8. The second-order valence-corrected chi connectivity index (χ2v) is 7.32. The molecule has 1 heterocycles. The summed E-state index contributed by atoms with van der Waals surface area (Å²) in [4.78, 5) is 30.7. The van der Waals surface area contributed by atoms with Crippen molar-refractivity contribution in [2.75, 3.05) is 6.54 Å². The van der Waals surface area contributed by atoms with Crippen LogP contribution in [-0.4, -0.2) is 38.7 Å². The number of hydrogen-bond acceptors (Lipinski definition) is 5. The molecular weight excluding hydrogens is 388 g/mol. The predicted molar refractivity (Wildman–Crippen MR) is 115 cm³/mol. The number of amides is 1. The molecule has 2 N–H and O–H groups in total. The summed E-state index contributed by atoms with van der Waals surface area (Å²) in [5.41, 5.74) is 2.13. The Labute approximate surface area is 172 Å². The Morgan fingerprint density at radius 1 is 1.24 bits per heavy atom. The number of aromatic hydroxyl groups is 1. The summed E-state index contributed by atoms with van der Waals surface area (Å²) in [5, 5.41) is 19.3. The number of carboxylic acids is 1. The Hall–Kier alpha value is -3.32. The number of rotatable bonds is 6. The first-order valence-corrected chi connectivity index (χ1v) is 9.80. The van der Waals surface area contributed by atoms with Gasteiger partial charge < -0.3 is 10.2 Å². The first kappa shape index (κ1) is 20.4. The highest BCUT2D eigenvalue weighted by Crippen LogP contribution is 2.35. The number of aliphatic imine (C=N–C) groups is 1. The molecule has 1 fully saturated rings. The fraction of sp³-hybridized carbons (Fsp3) is 0.136. The first-order chi connectivity index (χ1) is 13.9. The van der Waals surface area contributed by atoms with Crippen molar-refractivity contribution >= 4 is 40.6 Å². The standard InChI is InChI=1S/C22H20N2O4S/c1-3-11-24-20(26)19(12-15-7-5-14(4-2)6-8-15)29-22(24)23-18-10-9-16(25)13-17(18)21(27)28/h3,5-10,12-13,25H,1,4,11H2,2H3,(H,27,28)/b19-12-,23-22?. The Balaban J connectivity index is 1.99. The van der Waals surface area contributed by atoms with Gasteiger partial charge in [0.2, 0.25) is 0 Å². The molecule has 3 rings (SSSR count). The molecular formula is C22H20N2O4S. The molecule has 1 amide bonds. The summed E-state index contributed by atoms with van der Waals surface area (Å²) < 4.78 is 0. The minimum absolute atomic E-state index is 0.142. The molecule has 0 bridgehead atoms. The van der Waals surface area contributed by atoms with Crippen LogP contribution in [0.4, 0.5) is 5.69 Å². The van der Waals surface area contributed by atoms with Gasteiger partial charge in [-0.2, -0.15) is 0 Å². The fourth-order valence-corrected chi connectivity index (χ4v) is 3.78. The Kier molecular flexibility index (Phi) is 6.19. The second kappa shape index (κ2) is 8.79. The number of carbonyl (C=O) groups is 2. The first-order valence-electron chi connectivity index (χ1n) is 8.99. The normalized spacial score (nSPS) is 16.6. The van der Waals surface area contributed by atoms with Crippen LogP contribution < -0.4 is 0 Å². The SMILES string of the molecule is C=CCN1C(=O)/C(=C/c2ccc(CC)cc2)SC1=Nc1ccc(O)cc1C(=O)O. The molecule has 148 valence electrons. The maximum Gasteiger partial charge on any atom is 0.338 e. The van der Waals surface area contributed by atoms with Crippen LogP contribution in [0.3, 0.4) is 0 Å². The smallest absolute Gasteiger partial charge is 0.338 e. The zero-order chi connectivity index (χ0) is 21.0. The van der Waals surface area contributed by atoms with E-state index in [9.17, 15) is 19.8 Å². The van der Waals surface area contributed by atoms with Crippen LogP contribution in [0.15, 0.2) is 65.0 Å². The molecule has 0 aromatic heterocycles. The maximum absolute atomic E-state index is 12.8. The van der Waals surface area contributed by atoms with E-state index in [2.05, 4.69) is 18.5 Å². The summed E-state index contributed by atoms with van der Waals surface area (Å²) in [5.74, 6) is -1.60. The molecule has 7 heteroatoms. The highest BCUT2D eigenvalue weighted by molar-refractivity contribution is 8.18. The number of aromatic carboxylic acids is 1. The van der Waals surface area contributed by atoms with Crippen molar-refractivity contribution < 1.29 is 19.8 Å². The molecule has 0 aliphatic carbocycles. The van der Waals surface area contributed by atoms with Gasteiger partial charge in [0.25, 0.3) is 5.91 Å². The molecule has 0 spiro atoms. The molecule has 0 unspecified atom stereocenters. The van der Waals surface area contributed by atoms with E-state index in [-0.39, 0.29) is 29.5 Å². The van der Waals surface area contributed by atoms with Crippen LogP contribution in [0.1, 0.15) is 28.4 Å². The quantitative estimate of drug-likeness (QED) is 0.545. The van der Waals surface area contributed by atoms with E-state index in [1.807, 2.05) is 24.3 Å². The van der Waals surface area contributed by atoms with Crippen LogP contribution in [0, 0.1) is 0 Å². The van der Waals surface area contributed by atoms with Crippen molar-refractivity contribution in [2.45, 2.75) is 13.3 Å². The number of phenolic OH excluding ortho intramolecular Hbond substituents is 1. The summed E-state index contributed by atoms with van der Waals surface area (Å²) in [7, 11) is 0. The summed E-state index contributed by atoms with van der Waals surface area (Å²) in [6.45, 7) is 6.01. The van der Waals surface area contributed by atoms with Crippen LogP contribution >= 0.6 is 11.8 Å². The van der Waals surface area contributed by atoms with E-state index in [4.69, 9.17) is 0 Å². The van der Waals surface area contributed by atoms with Gasteiger partial charge in [0.05, 0.1) is 16.2 Å². The molecule has 6 nitrogen and oxygen atoms in total. The largest absolute Gasteiger partial charge is 0.508 e. The van der Waals surface area contributed by atoms with Crippen molar-refractivity contribution in [3.05, 3.63) is 76.7 Å². The zero-order valence-corrected chi connectivity index (χ0v) is 16.6. The molecule has 29 heavy (non-hydrogen) atoms. The third kappa shape index (κ3) is 4.57. The molecule has 0 radical (unpaired) electrons. The lowest BCUT2D eigenvalue weighted by atomic mass is 10.1. The van der Waals surface area contributed by atoms with Crippen molar-refractivity contribution in [1.29, 1.82) is 0 Å². The van der Waals surface area contributed by atoms with Gasteiger partial charge in [-0.3, -0.25) is 9.69 Å². The number of carboxylic acid groups (broad SMARTS) is 1. The summed E-state index contributed by atoms with van der Waals surface area (Å²) in [6, 6.07) is 11.8. The summed E-state index contributed by atoms with van der Waals surface area (Å²) >= 11 is 1.18. The molecule has 2 aromatic rings. The second-order valence-electron chi connectivity index (χ2n) is 6.31. The van der Waals surface area contributed by atoms with E-state index < -0.39 is 5.97 Å². The number of nitrogens with zero attached hydrogens (tertiary/aromatic N) is 2. The van der Waals surface area contributed by atoms with Crippen molar-refractivity contribution in [2.24, 2.45) is 4.99 Å². The Bertz CT molecular complexity index is 1030. The highest BCUT2D eigenvalue weighted by Gasteiger charge is 2.33. The molecule has 2 aromatic carbocycles. The van der Waals surface area contributed by atoms with Gasteiger partial charge in [-0.15, -0.1) is 6.58 Å². The van der Waals surface area contributed by atoms with Crippen LogP contribution in [0.25, 0.3) is 6.08 Å². The van der Waals surface area contributed by atoms with Gasteiger partial charge in [-0.1, -0.05) is 37.3 Å². The number of carbonyl (C=O) groups excluding carboxylic acids is 1. The molecule has 1 aliphatic rings. The van der Waals surface area contributed by atoms with E-state index in [0.717, 1.165) is 18.1 Å². The lowest BCUT2D eigenvalue weighted by Crippen LogP contribution is -2.29. The third-order valence-electron chi connectivity index (χ3n) is 4.31. The average Bonchev–Trinajstić information content (AvgIpc) is 2.99. The number of benzene rings is 2. The molecule has 1 saturated heterocycles. The topological polar surface area (TPSA) is 90.2 Å². The van der Waals surface area contributed by atoms with Gasteiger partial charge in [-0.25, -0.2) is 9.79 Å². The minimum atomic E-state index is -1.21. The number of amidine groups is 1. The van der Waals surface area contributed by atoms with Gasteiger partial charge in [0.1, 0.15) is 5.75 Å². The lowest BCUT2D eigenvalue weighted by molar-refractivity contribution is -0.121. The number of hydrogen-bond donors (Lipinski definition) is 2. The molecule has 0 atom stereocenters. The van der Waals surface area contributed by atoms with Gasteiger partial charge in [-0.05, 0) is 53.6 Å². The van der Waals surface area contributed by atoms with E-state index >= 15 is 0 Å². The maximum atomic E-state index is 12.8. The van der Waals surface area contributed by atoms with Crippen molar-refractivity contribution in [3.8, 4) is 5.75 Å². The van der Waals surface area contributed by atoms with Crippen molar-refractivity contribution in [3.63, 3.8) is 0 Å². The van der Waals surface area contributed by atoms with Crippen LogP contribution in [0.5, 0.6) is 5.75 Å². The predicted octanol–water partition coefficient (Wildman–Crippen LogP) is 4.44. The van der Waals surface area contributed by atoms with E-state index in [1.165, 1.54) is 34.4 Å². The van der Waals surface area contributed by atoms with Gasteiger partial charge in [0, 0.05) is 6.54 Å². The highest BCUT2D eigenvalue weighted by atomic mass is 32.2. The van der Waals surface area contributed by atoms with Crippen LogP contribution in [0.2, 0.25) is 0 Å². The number of aryl methyl sites for hydroxylation is 1. The Morgan fingerprint density at radius 2 is 1.97 bits per heavy atom. The number of thioether (sulfide) groups is 1. The minimum Gasteiger partial charge on any atom is -0.508 e. The Morgan fingerprint density at radius 3 is 2.59 bits per heavy atom. The molecule has 1 aliphatic heterocycles.